The maximum atomic E-state index is 13.9. The minimum absolute atomic E-state index is 0.0127. The summed E-state index contributed by atoms with van der Waals surface area (Å²) in [6.07, 6.45) is -0.311. The fraction of sp³-hybridized carbons (Fsp3) is 0.385. The molecule has 1 aliphatic rings. The van der Waals surface area contributed by atoms with Gasteiger partial charge in [-0.05, 0) is 6.07 Å². The SMILES string of the molecule is O=C(O)CC1C(=O)NCCN1Cc1cccc(Cl)c1F. The van der Waals surface area contributed by atoms with Crippen molar-refractivity contribution < 1.29 is 19.1 Å². The highest BCUT2D eigenvalue weighted by molar-refractivity contribution is 6.30. The molecular weight excluding hydrogens is 287 g/mol. The lowest BCUT2D eigenvalue weighted by Gasteiger charge is -2.34. The number of nitrogens with zero attached hydrogens (tertiary/aromatic N) is 1. The summed E-state index contributed by atoms with van der Waals surface area (Å²) in [6, 6.07) is 3.85. The van der Waals surface area contributed by atoms with E-state index in [1.807, 2.05) is 0 Å². The third kappa shape index (κ3) is 3.26. The molecule has 5 nitrogen and oxygen atoms in total. The Morgan fingerprint density at radius 1 is 1.55 bits per heavy atom. The van der Waals surface area contributed by atoms with Gasteiger partial charge in [0, 0.05) is 25.2 Å². The lowest BCUT2D eigenvalue weighted by atomic mass is 10.1. The molecule has 1 atom stereocenters. The molecule has 2 rings (SSSR count). The second-order valence-corrected chi connectivity index (χ2v) is 5.00. The van der Waals surface area contributed by atoms with Crippen molar-refractivity contribution in [3.63, 3.8) is 0 Å². The van der Waals surface area contributed by atoms with Gasteiger partial charge in [-0.25, -0.2) is 4.39 Å². The largest absolute Gasteiger partial charge is 0.481 e. The van der Waals surface area contributed by atoms with Crippen LogP contribution in [0, 0.1) is 5.82 Å². The Morgan fingerprint density at radius 3 is 3.00 bits per heavy atom. The van der Waals surface area contributed by atoms with Gasteiger partial charge in [0.05, 0.1) is 11.4 Å². The molecule has 0 radical (unpaired) electrons. The lowest BCUT2D eigenvalue weighted by Crippen LogP contribution is -2.55. The number of carbonyl (C=O) groups is 2. The molecule has 0 spiro atoms. The number of nitrogens with one attached hydrogen (secondary N) is 1. The molecule has 1 fully saturated rings. The van der Waals surface area contributed by atoms with Gasteiger partial charge in [-0.1, -0.05) is 23.7 Å². The molecule has 1 aliphatic heterocycles. The van der Waals surface area contributed by atoms with Gasteiger partial charge in [-0.2, -0.15) is 0 Å². The molecule has 0 aliphatic carbocycles. The molecule has 1 unspecified atom stereocenters. The summed E-state index contributed by atoms with van der Waals surface area (Å²) >= 11 is 5.71. The standard InChI is InChI=1S/C13H14ClFN2O3/c14-9-3-1-2-8(12(9)15)7-17-5-4-16-13(20)10(17)6-11(18)19/h1-3,10H,4-7H2,(H,16,20)(H,18,19). The summed E-state index contributed by atoms with van der Waals surface area (Å²) in [7, 11) is 0. The quantitative estimate of drug-likeness (QED) is 0.878. The number of benzene rings is 1. The van der Waals surface area contributed by atoms with E-state index < -0.39 is 17.8 Å². The van der Waals surface area contributed by atoms with Crippen LogP contribution in [-0.2, 0) is 16.1 Å². The van der Waals surface area contributed by atoms with Crippen LogP contribution in [0.3, 0.4) is 0 Å². The topological polar surface area (TPSA) is 69.6 Å². The zero-order valence-corrected chi connectivity index (χ0v) is 11.4. The first kappa shape index (κ1) is 14.7. The average Bonchev–Trinajstić information content (AvgIpc) is 2.38. The Labute approximate surface area is 120 Å². The normalized spacial score (nSPS) is 19.7. The number of halogens is 2. The summed E-state index contributed by atoms with van der Waals surface area (Å²) in [5.74, 6) is -1.95. The van der Waals surface area contributed by atoms with E-state index in [0.29, 0.717) is 18.7 Å². The molecule has 20 heavy (non-hydrogen) atoms. The first-order valence-electron chi connectivity index (χ1n) is 6.15. The molecule has 1 heterocycles. The molecule has 1 aromatic carbocycles. The van der Waals surface area contributed by atoms with E-state index in [2.05, 4.69) is 5.32 Å². The van der Waals surface area contributed by atoms with Gasteiger partial charge < -0.3 is 10.4 Å². The van der Waals surface area contributed by atoms with Gasteiger partial charge >= 0.3 is 5.97 Å². The van der Waals surface area contributed by atoms with Crippen molar-refractivity contribution in [2.45, 2.75) is 19.0 Å². The van der Waals surface area contributed by atoms with E-state index in [1.165, 1.54) is 6.07 Å². The summed E-state index contributed by atoms with van der Waals surface area (Å²) in [4.78, 5) is 24.2. The highest BCUT2D eigenvalue weighted by atomic mass is 35.5. The fourth-order valence-electron chi connectivity index (χ4n) is 2.23. The van der Waals surface area contributed by atoms with Crippen molar-refractivity contribution in [1.29, 1.82) is 0 Å². The van der Waals surface area contributed by atoms with Crippen LogP contribution in [0.1, 0.15) is 12.0 Å². The molecule has 1 aromatic rings. The van der Waals surface area contributed by atoms with Gasteiger partial charge in [0.15, 0.2) is 0 Å². The fourth-order valence-corrected chi connectivity index (χ4v) is 2.42. The monoisotopic (exact) mass is 300 g/mol. The molecule has 1 amide bonds. The third-order valence-electron chi connectivity index (χ3n) is 3.21. The van der Waals surface area contributed by atoms with Crippen LogP contribution in [0.2, 0.25) is 5.02 Å². The summed E-state index contributed by atoms with van der Waals surface area (Å²) < 4.78 is 13.9. The Morgan fingerprint density at radius 2 is 2.30 bits per heavy atom. The summed E-state index contributed by atoms with van der Waals surface area (Å²) in [5, 5.41) is 11.5. The summed E-state index contributed by atoms with van der Waals surface area (Å²) in [6.45, 7) is 1.03. The highest BCUT2D eigenvalue weighted by Gasteiger charge is 2.32. The van der Waals surface area contributed by atoms with E-state index in [4.69, 9.17) is 16.7 Å². The Hall–Kier alpha value is -1.66. The predicted octanol–water partition coefficient (Wildman–Crippen LogP) is 1.25. The van der Waals surface area contributed by atoms with Crippen molar-refractivity contribution in [3.8, 4) is 0 Å². The average molecular weight is 301 g/mol. The van der Waals surface area contributed by atoms with Crippen LogP contribution in [0.15, 0.2) is 18.2 Å². The molecule has 0 aromatic heterocycles. The smallest absolute Gasteiger partial charge is 0.305 e. The molecule has 108 valence electrons. The Bertz CT molecular complexity index is 538. The maximum Gasteiger partial charge on any atom is 0.305 e. The number of aliphatic carboxylic acids is 1. The van der Waals surface area contributed by atoms with Crippen molar-refractivity contribution in [1.82, 2.24) is 10.2 Å². The number of piperazine rings is 1. The number of carboxylic acid groups (broad SMARTS) is 1. The van der Waals surface area contributed by atoms with Crippen molar-refractivity contribution in [2.24, 2.45) is 0 Å². The number of rotatable bonds is 4. The van der Waals surface area contributed by atoms with Crippen LogP contribution in [0.5, 0.6) is 0 Å². The van der Waals surface area contributed by atoms with E-state index in [0.717, 1.165) is 0 Å². The highest BCUT2D eigenvalue weighted by Crippen LogP contribution is 2.21. The molecular formula is C13H14ClFN2O3. The molecule has 0 saturated carbocycles. The van der Waals surface area contributed by atoms with Gasteiger partial charge in [0.25, 0.3) is 0 Å². The minimum atomic E-state index is -1.07. The second kappa shape index (κ2) is 6.19. The van der Waals surface area contributed by atoms with Crippen LogP contribution >= 0.6 is 11.6 Å². The number of carboxylic acids is 1. The molecule has 1 saturated heterocycles. The summed E-state index contributed by atoms with van der Waals surface area (Å²) in [5.41, 5.74) is 0.350. The van der Waals surface area contributed by atoms with E-state index in [-0.39, 0.29) is 23.9 Å². The van der Waals surface area contributed by atoms with E-state index in [9.17, 15) is 14.0 Å². The molecule has 7 heteroatoms. The molecule has 0 bridgehead atoms. The predicted molar refractivity (Wildman–Crippen MR) is 70.9 cm³/mol. The second-order valence-electron chi connectivity index (χ2n) is 4.59. The maximum absolute atomic E-state index is 13.9. The first-order valence-corrected chi connectivity index (χ1v) is 6.53. The third-order valence-corrected chi connectivity index (χ3v) is 3.51. The lowest BCUT2D eigenvalue weighted by molar-refractivity contribution is -0.143. The number of carbonyl (C=O) groups excluding carboxylic acids is 1. The minimum Gasteiger partial charge on any atom is -0.481 e. The molecule has 2 N–H and O–H groups in total. The zero-order valence-electron chi connectivity index (χ0n) is 10.6. The zero-order chi connectivity index (χ0) is 14.7. The van der Waals surface area contributed by atoms with Crippen LogP contribution in [0.4, 0.5) is 4.39 Å². The van der Waals surface area contributed by atoms with Gasteiger partial charge in [-0.15, -0.1) is 0 Å². The number of amides is 1. The van der Waals surface area contributed by atoms with Gasteiger partial charge in [0.1, 0.15) is 11.9 Å². The van der Waals surface area contributed by atoms with Gasteiger partial charge in [0.2, 0.25) is 5.91 Å². The number of hydrogen-bond acceptors (Lipinski definition) is 3. The van der Waals surface area contributed by atoms with Crippen molar-refractivity contribution >= 4 is 23.5 Å². The first-order chi connectivity index (χ1) is 9.49. The van der Waals surface area contributed by atoms with Crippen LogP contribution < -0.4 is 5.32 Å². The Balaban J connectivity index is 2.18. The van der Waals surface area contributed by atoms with Crippen molar-refractivity contribution in [3.05, 3.63) is 34.6 Å². The van der Waals surface area contributed by atoms with Crippen molar-refractivity contribution in [2.75, 3.05) is 13.1 Å². The van der Waals surface area contributed by atoms with E-state index in [1.54, 1.807) is 17.0 Å². The van der Waals surface area contributed by atoms with E-state index >= 15 is 0 Å². The van der Waals surface area contributed by atoms with Gasteiger partial charge in [-0.3, -0.25) is 14.5 Å². The van der Waals surface area contributed by atoms with Crippen LogP contribution in [-0.4, -0.2) is 41.0 Å². The van der Waals surface area contributed by atoms with Crippen LogP contribution in [0.25, 0.3) is 0 Å². The number of hydrogen-bond donors (Lipinski definition) is 2. The Kier molecular flexibility index (Phi) is 4.57.